The second-order valence-electron chi connectivity index (χ2n) is 5.43. The highest BCUT2D eigenvalue weighted by Crippen LogP contribution is 2.18. The van der Waals surface area contributed by atoms with E-state index < -0.39 is 17.7 Å². The van der Waals surface area contributed by atoms with E-state index in [0.29, 0.717) is 6.54 Å². The fourth-order valence-corrected chi connectivity index (χ4v) is 2.21. The van der Waals surface area contributed by atoms with Gasteiger partial charge in [-0.3, -0.25) is 0 Å². The van der Waals surface area contributed by atoms with Gasteiger partial charge in [0.2, 0.25) is 0 Å². The summed E-state index contributed by atoms with van der Waals surface area (Å²) in [5.74, 6) is -1.47. The van der Waals surface area contributed by atoms with Crippen LogP contribution in [0.3, 0.4) is 0 Å². The zero-order chi connectivity index (χ0) is 16.8. The minimum atomic E-state index is -0.790. The molecule has 0 aliphatic carbocycles. The summed E-state index contributed by atoms with van der Waals surface area (Å²) >= 11 is 0. The summed E-state index contributed by atoms with van der Waals surface area (Å²) in [6.45, 7) is 4.34. The Morgan fingerprint density at radius 2 is 1.87 bits per heavy atom. The lowest BCUT2D eigenvalue weighted by molar-refractivity contribution is 0.187. The van der Waals surface area contributed by atoms with Crippen molar-refractivity contribution >= 4 is 11.7 Å². The predicted octanol–water partition coefficient (Wildman–Crippen LogP) is 4.80. The maximum absolute atomic E-state index is 13.7. The van der Waals surface area contributed by atoms with Gasteiger partial charge in [0.15, 0.2) is 0 Å². The molecule has 0 aliphatic heterocycles. The molecule has 1 unspecified atom stereocenters. The molecule has 0 radical (unpaired) electrons. The van der Waals surface area contributed by atoms with Crippen molar-refractivity contribution in [2.75, 3.05) is 5.32 Å². The number of nitrogens with zero attached hydrogens (tertiary/aromatic N) is 1. The van der Waals surface area contributed by atoms with Gasteiger partial charge in [0.1, 0.15) is 11.6 Å². The molecule has 2 amide bonds. The van der Waals surface area contributed by atoms with Gasteiger partial charge in [0.25, 0.3) is 0 Å². The summed E-state index contributed by atoms with van der Waals surface area (Å²) in [4.78, 5) is 14.1. The number of hydrogen-bond donors (Lipinski definition) is 1. The van der Waals surface area contributed by atoms with Crippen molar-refractivity contribution < 1.29 is 13.6 Å². The summed E-state index contributed by atoms with van der Waals surface area (Å²) < 4.78 is 26.7. The molecular weight excluding hydrogens is 298 g/mol. The summed E-state index contributed by atoms with van der Waals surface area (Å²) in [5.41, 5.74) is 0.959. The minimum absolute atomic E-state index is 0.0151. The number of halogens is 2. The Labute approximate surface area is 134 Å². The first kappa shape index (κ1) is 16.9. The van der Waals surface area contributed by atoms with Gasteiger partial charge in [0, 0.05) is 18.7 Å². The van der Waals surface area contributed by atoms with Crippen LogP contribution in [0.15, 0.2) is 48.5 Å². The van der Waals surface area contributed by atoms with Crippen molar-refractivity contribution in [1.82, 2.24) is 4.90 Å². The fraction of sp³-hybridized carbons (Fsp3) is 0.278. The van der Waals surface area contributed by atoms with Crippen LogP contribution in [0.5, 0.6) is 0 Å². The predicted molar refractivity (Wildman–Crippen MR) is 87.1 cm³/mol. The monoisotopic (exact) mass is 318 g/mol. The Hall–Kier alpha value is -2.43. The van der Waals surface area contributed by atoms with E-state index in [2.05, 4.69) is 5.32 Å². The van der Waals surface area contributed by atoms with Crippen LogP contribution < -0.4 is 5.32 Å². The summed E-state index contributed by atoms with van der Waals surface area (Å²) in [7, 11) is 0. The van der Waals surface area contributed by atoms with Gasteiger partial charge in [-0.05, 0) is 31.0 Å². The van der Waals surface area contributed by atoms with Crippen LogP contribution in [0.1, 0.15) is 25.8 Å². The van der Waals surface area contributed by atoms with E-state index in [9.17, 15) is 13.6 Å². The second-order valence-corrected chi connectivity index (χ2v) is 5.43. The molecule has 0 spiro atoms. The summed E-state index contributed by atoms with van der Waals surface area (Å²) in [6.07, 6.45) is 0.770. The quantitative estimate of drug-likeness (QED) is 0.844. The smallest absolute Gasteiger partial charge is 0.318 e. The van der Waals surface area contributed by atoms with Gasteiger partial charge >= 0.3 is 6.03 Å². The van der Waals surface area contributed by atoms with E-state index >= 15 is 0 Å². The third-order valence-corrected chi connectivity index (χ3v) is 3.75. The van der Waals surface area contributed by atoms with E-state index in [4.69, 9.17) is 0 Å². The van der Waals surface area contributed by atoms with E-state index in [1.165, 1.54) is 6.07 Å². The average molecular weight is 318 g/mol. The van der Waals surface area contributed by atoms with Crippen molar-refractivity contribution in [1.29, 1.82) is 0 Å². The highest BCUT2D eigenvalue weighted by molar-refractivity contribution is 5.89. The molecule has 0 saturated heterocycles. The Morgan fingerprint density at radius 3 is 2.48 bits per heavy atom. The van der Waals surface area contributed by atoms with Crippen LogP contribution in [0.2, 0.25) is 0 Å². The van der Waals surface area contributed by atoms with E-state index in [0.717, 1.165) is 24.1 Å². The topological polar surface area (TPSA) is 32.3 Å². The van der Waals surface area contributed by atoms with Crippen LogP contribution in [-0.4, -0.2) is 17.0 Å². The molecular formula is C18H20F2N2O. The van der Waals surface area contributed by atoms with Crippen LogP contribution in [0, 0.1) is 11.6 Å². The SMILES string of the molecule is CCC(C)N(Cc1ccccc1)C(=O)Nc1ccc(F)cc1F. The van der Waals surface area contributed by atoms with Gasteiger partial charge in [-0.15, -0.1) is 0 Å². The lowest BCUT2D eigenvalue weighted by Gasteiger charge is -2.29. The van der Waals surface area contributed by atoms with Crippen LogP contribution in [-0.2, 0) is 6.54 Å². The number of anilines is 1. The number of urea groups is 1. The minimum Gasteiger partial charge on any atom is -0.318 e. The van der Waals surface area contributed by atoms with Crippen molar-refractivity contribution in [3.8, 4) is 0 Å². The average Bonchev–Trinajstić information content (AvgIpc) is 2.55. The standard InChI is InChI=1S/C18H20F2N2O/c1-3-13(2)22(12-14-7-5-4-6-8-14)18(23)21-17-10-9-15(19)11-16(17)20/h4-11,13H,3,12H2,1-2H3,(H,21,23). The molecule has 0 aromatic heterocycles. The Morgan fingerprint density at radius 1 is 1.17 bits per heavy atom. The number of hydrogen-bond acceptors (Lipinski definition) is 1. The first-order valence-corrected chi connectivity index (χ1v) is 7.58. The molecule has 0 fully saturated rings. The zero-order valence-corrected chi connectivity index (χ0v) is 13.2. The van der Waals surface area contributed by atoms with E-state index in [1.54, 1.807) is 4.90 Å². The molecule has 23 heavy (non-hydrogen) atoms. The first-order valence-electron chi connectivity index (χ1n) is 7.58. The first-order chi connectivity index (χ1) is 11.0. The molecule has 0 saturated carbocycles. The van der Waals surface area contributed by atoms with Gasteiger partial charge in [-0.1, -0.05) is 37.3 Å². The number of rotatable bonds is 5. The normalized spacial score (nSPS) is 11.8. The third kappa shape index (κ3) is 4.52. The van der Waals surface area contributed by atoms with Gasteiger partial charge in [0.05, 0.1) is 5.69 Å². The molecule has 0 heterocycles. The van der Waals surface area contributed by atoms with Crippen molar-refractivity contribution in [2.24, 2.45) is 0 Å². The van der Waals surface area contributed by atoms with Gasteiger partial charge in [-0.2, -0.15) is 0 Å². The van der Waals surface area contributed by atoms with Crippen LogP contribution >= 0.6 is 0 Å². The number of carbonyl (C=O) groups excluding carboxylic acids is 1. The zero-order valence-electron chi connectivity index (χ0n) is 13.2. The molecule has 0 bridgehead atoms. The van der Waals surface area contributed by atoms with E-state index in [1.807, 2.05) is 44.2 Å². The third-order valence-electron chi connectivity index (χ3n) is 3.75. The Kier molecular flexibility index (Phi) is 5.68. The number of amides is 2. The van der Waals surface area contributed by atoms with Crippen molar-refractivity contribution in [2.45, 2.75) is 32.9 Å². The summed E-state index contributed by atoms with van der Waals surface area (Å²) in [5, 5.41) is 2.52. The fourth-order valence-electron chi connectivity index (χ4n) is 2.21. The van der Waals surface area contributed by atoms with Crippen molar-refractivity contribution in [3.63, 3.8) is 0 Å². The Balaban J connectivity index is 2.16. The number of carbonyl (C=O) groups is 1. The maximum atomic E-state index is 13.7. The second kappa shape index (κ2) is 7.72. The van der Waals surface area contributed by atoms with Gasteiger partial charge < -0.3 is 10.2 Å². The molecule has 5 heteroatoms. The Bertz CT molecular complexity index is 661. The molecule has 2 aromatic rings. The lowest BCUT2D eigenvalue weighted by Crippen LogP contribution is -2.40. The maximum Gasteiger partial charge on any atom is 0.322 e. The molecule has 2 aromatic carbocycles. The molecule has 122 valence electrons. The van der Waals surface area contributed by atoms with Crippen LogP contribution in [0.4, 0.5) is 19.3 Å². The number of nitrogens with one attached hydrogen (secondary N) is 1. The van der Waals surface area contributed by atoms with E-state index in [-0.39, 0.29) is 11.7 Å². The highest BCUT2D eigenvalue weighted by Gasteiger charge is 2.20. The van der Waals surface area contributed by atoms with Crippen LogP contribution in [0.25, 0.3) is 0 Å². The molecule has 1 N–H and O–H groups in total. The highest BCUT2D eigenvalue weighted by atomic mass is 19.1. The number of benzene rings is 2. The molecule has 3 nitrogen and oxygen atoms in total. The molecule has 0 aliphatic rings. The summed E-state index contributed by atoms with van der Waals surface area (Å²) in [6, 6.07) is 12.2. The van der Waals surface area contributed by atoms with Crippen molar-refractivity contribution in [3.05, 3.63) is 65.7 Å². The molecule has 2 rings (SSSR count). The van der Waals surface area contributed by atoms with Gasteiger partial charge in [-0.25, -0.2) is 13.6 Å². The molecule has 1 atom stereocenters. The largest absolute Gasteiger partial charge is 0.322 e. The lowest BCUT2D eigenvalue weighted by atomic mass is 10.1.